The van der Waals surface area contributed by atoms with Crippen LogP contribution in [0.25, 0.3) is 0 Å². The van der Waals surface area contributed by atoms with Crippen LogP contribution in [0.3, 0.4) is 0 Å². The molecule has 4 nitrogen and oxygen atoms in total. The molecule has 0 amide bonds. The average Bonchev–Trinajstić information content (AvgIpc) is 2.84. The predicted octanol–water partition coefficient (Wildman–Crippen LogP) is 8.96. The van der Waals surface area contributed by atoms with Crippen LogP contribution in [-0.4, -0.2) is 54.4 Å². The van der Waals surface area contributed by atoms with E-state index in [0.29, 0.717) is 17.3 Å². The van der Waals surface area contributed by atoms with Gasteiger partial charge in [-0.15, -0.1) is 0 Å². The predicted molar refractivity (Wildman–Crippen MR) is 160 cm³/mol. The van der Waals surface area contributed by atoms with E-state index in [1.54, 1.807) is 0 Å². The maximum absolute atomic E-state index is 13.0. The van der Waals surface area contributed by atoms with E-state index in [4.69, 9.17) is 0 Å². The van der Waals surface area contributed by atoms with Crippen LogP contribution in [0.4, 0.5) is 0 Å². The molecule has 0 heterocycles. The van der Waals surface area contributed by atoms with Crippen LogP contribution >= 0.6 is 0 Å². The molecule has 0 aliphatic heterocycles. The monoisotopic (exact) mass is 525 g/mol. The zero-order valence-electron chi connectivity index (χ0n) is 25.8. The van der Waals surface area contributed by atoms with Gasteiger partial charge in [0.25, 0.3) is 0 Å². The van der Waals surface area contributed by atoms with Crippen molar-refractivity contribution >= 4 is 11.6 Å². The smallest absolute Gasteiger partial charge is 0.193 e. The summed E-state index contributed by atoms with van der Waals surface area (Å²) in [6, 6.07) is -0.650. The van der Waals surface area contributed by atoms with Gasteiger partial charge in [-0.1, -0.05) is 142 Å². The molecule has 0 saturated heterocycles. The van der Waals surface area contributed by atoms with Crippen molar-refractivity contribution in [2.75, 3.05) is 21.1 Å². The first-order chi connectivity index (χ1) is 17.8. The number of quaternary nitrogens is 1. The van der Waals surface area contributed by atoms with Crippen LogP contribution < -0.4 is 0 Å². The standard InChI is InChI=1S/C33H66NO3/c1-6-8-10-12-14-16-18-20-22-24-26-28-30(35)32(34(3,4)5)33(37)31(36)29-27-25-23-21-19-17-15-13-11-9-7-2/h32-33,37H,6-29H2,1-5H3/q+1. The van der Waals surface area contributed by atoms with E-state index in [2.05, 4.69) is 13.8 Å². The Morgan fingerprint density at radius 1 is 0.486 bits per heavy atom. The van der Waals surface area contributed by atoms with Gasteiger partial charge in [0.15, 0.2) is 23.7 Å². The Hall–Kier alpha value is -0.740. The fourth-order valence-corrected chi connectivity index (χ4v) is 5.43. The van der Waals surface area contributed by atoms with Crippen molar-refractivity contribution in [2.45, 2.75) is 180 Å². The van der Waals surface area contributed by atoms with E-state index in [1.807, 2.05) is 21.1 Å². The second-order valence-corrected chi connectivity index (χ2v) is 12.5. The van der Waals surface area contributed by atoms with E-state index < -0.39 is 12.1 Å². The molecule has 0 spiro atoms. The van der Waals surface area contributed by atoms with Crippen molar-refractivity contribution in [2.24, 2.45) is 0 Å². The van der Waals surface area contributed by atoms with E-state index >= 15 is 0 Å². The maximum Gasteiger partial charge on any atom is 0.193 e. The van der Waals surface area contributed by atoms with Crippen LogP contribution in [0.5, 0.6) is 0 Å². The van der Waals surface area contributed by atoms with Crippen LogP contribution in [0.1, 0.15) is 168 Å². The number of carbonyl (C=O) groups excluding carboxylic acids is 2. The number of nitrogens with zero attached hydrogens (tertiary/aromatic N) is 1. The van der Waals surface area contributed by atoms with Crippen LogP contribution in [0.15, 0.2) is 0 Å². The second kappa shape index (κ2) is 24.3. The van der Waals surface area contributed by atoms with Crippen molar-refractivity contribution < 1.29 is 19.2 Å². The van der Waals surface area contributed by atoms with Gasteiger partial charge in [-0.3, -0.25) is 9.59 Å². The topological polar surface area (TPSA) is 54.4 Å². The number of carbonyl (C=O) groups is 2. The van der Waals surface area contributed by atoms with Gasteiger partial charge in [0.05, 0.1) is 21.1 Å². The molecule has 220 valence electrons. The van der Waals surface area contributed by atoms with Crippen molar-refractivity contribution in [1.29, 1.82) is 0 Å². The van der Waals surface area contributed by atoms with E-state index in [1.165, 1.54) is 109 Å². The van der Waals surface area contributed by atoms with Gasteiger partial charge in [-0.05, 0) is 12.8 Å². The SMILES string of the molecule is CCCCCCCCCCCCCC(=O)C(O)C(C(=O)CCCCCCCCCCCCC)[N+](C)(C)C. The Bertz CT molecular complexity index is 540. The molecule has 0 aromatic heterocycles. The molecule has 0 radical (unpaired) electrons. The van der Waals surface area contributed by atoms with Gasteiger partial charge < -0.3 is 9.59 Å². The number of aliphatic hydroxyl groups excluding tert-OH is 1. The molecule has 2 atom stereocenters. The van der Waals surface area contributed by atoms with Crippen molar-refractivity contribution in [3.63, 3.8) is 0 Å². The first-order valence-corrected chi connectivity index (χ1v) is 16.3. The largest absolute Gasteiger partial charge is 0.379 e. The fourth-order valence-electron chi connectivity index (χ4n) is 5.43. The van der Waals surface area contributed by atoms with Crippen LogP contribution in [0.2, 0.25) is 0 Å². The number of hydrogen-bond acceptors (Lipinski definition) is 3. The van der Waals surface area contributed by atoms with Gasteiger partial charge in [0.2, 0.25) is 0 Å². The summed E-state index contributed by atoms with van der Waals surface area (Å²) in [6.07, 6.45) is 27.1. The van der Waals surface area contributed by atoms with E-state index in [9.17, 15) is 14.7 Å². The summed E-state index contributed by atoms with van der Waals surface area (Å²) < 4.78 is 0.308. The lowest BCUT2D eigenvalue weighted by Gasteiger charge is -2.35. The molecule has 37 heavy (non-hydrogen) atoms. The lowest BCUT2D eigenvalue weighted by Crippen LogP contribution is -2.58. The summed E-state index contributed by atoms with van der Waals surface area (Å²) in [4.78, 5) is 25.8. The highest BCUT2D eigenvalue weighted by Gasteiger charge is 2.40. The number of ketones is 2. The molecule has 2 unspecified atom stereocenters. The van der Waals surface area contributed by atoms with Crippen molar-refractivity contribution in [3.8, 4) is 0 Å². The first kappa shape index (κ1) is 36.3. The van der Waals surface area contributed by atoms with Gasteiger partial charge in [0, 0.05) is 12.8 Å². The lowest BCUT2D eigenvalue weighted by molar-refractivity contribution is -0.888. The zero-order chi connectivity index (χ0) is 27.8. The molecule has 0 fully saturated rings. The highest BCUT2D eigenvalue weighted by molar-refractivity contribution is 5.92. The van der Waals surface area contributed by atoms with E-state index in [-0.39, 0.29) is 11.6 Å². The zero-order valence-corrected chi connectivity index (χ0v) is 25.8. The number of unbranched alkanes of at least 4 members (excludes halogenated alkanes) is 20. The molecule has 0 saturated carbocycles. The first-order valence-electron chi connectivity index (χ1n) is 16.3. The van der Waals surface area contributed by atoms with Gasteiger partial charge in [-0.25, -0.2) is 0 Å². The summed E-state index contributed by atoms with van der Waals surface area (Å²) in [5, 5.41) is 10.8. The molecule has 0 aromatic carbocycles. The number of rotatable bonds is 28. The second-order valence-electron chi connectivity index (χ2n) is 12.5. The van der Waals surface area contributed by atoms with Crippen LogP contribution in [0, 0.1) is 0 Å². The molecule has 0 aliphatic carbocycles. The van der Waals surface area contributed by atoms with Crippen LogP contribution in [-0.2, 0) is 9.59 Å². The number of aliphatic hydroxyl groups is 1. The Morgan fingerprint density at radius 3 is 1.05 bits per heavy atom. The summed E-state index contributed by atoms with van der Waals surface area (Å²) >= 11 is 0. The molecule has 0 aliphatic rings. The Balaban J connectivity index is 4.08. The summed E-state index contributed by atoms with van der Waals surface area (Å²) in [5.74, 6) is -0.107. The highest BCUT2D eigenvalue weighted by atomic mass is 16.3. The number of likely N-dealkylation sites (N-methyl/N-ethyl adjacent to an activating group) is 1. The minimum absolute atomic E-state index is 0.0446. The van der Waals surface area contributed by atoms with Crippen molar-refractivity contribution in [1.82, 2.24) is 0 Å². The molecule has 1 N–H and O–H groups in total. The molecule has 0 aromatic rings. The third-order valence-corrected chi connectivity index (χ3v) is 7.85. The number of Topliss-reactive ketones (excluding diaryl/α,β-unsaturated/α-hetero) is 2. The maximum atomic E-state index is 13.0. The summed E-state index contributed by atoms with van der Waals surface area (Å²) in [6.45, 7) is 4.51. The Labute approximate surface area is 232 Å². The highest BCUT2D eigenvalue weighted by Crippen LogP contribution is 2.19. The van der Waals surface area contributed by atoms with Gasteiger partial charge in [-0.2, -0.15) is 0 Å². The fraction of sp³-hybridized carbons (Fsp3) is 0.939. The molecule has 0 rings (SSSR count). The lowest BCUT2D eigenvalue weighted by atomic mass is 9.93. The molecule has 0 bridgehead atoms. The minimum atomic E-state index is -1.18. The Morgan fingerprint density at radius 2 is 0.757 bits per heavy atom. The van der Waals surface area contributed by atoms with Gasteiger partial charge >= 0.3 is 0 Å². The third kappa shape index (κ3) is 20.8. The average molecular weight is 525 g/mol. The number of hydrogen-bond donors (Lipinski definition) is 1. The summed E-state index contributed by atoms with van der Waals surface area (Å²) in [7, 11) is 5.76. The molecule has 4 heteroatoms. The summed E-state index contributed by atoms with van der Waals surface area (Å²) in [5.41, 5.74) is 0. The van der Waals surface area contributed by atoms with Crippen molar-refractivity contribution in [3.05, 3.63) is 0 Å². The van der Waals surface area contributed by atoms with E-state index in [0.717, 1.165) is 32.1 Å². The van der Waals surface area contributed by atoms with Gasteiger partial charge in [0.1, 0.15) is 0 Å². The normalized spacial score (nSPS) is 13.6. The molecular formula is C33H66NO3+. The Kier molecular flexibility index (Phi) is 23.8. The molecular weight excluding hydrogens is 458 g/mol. The quantitative estimate of drug-likeness (QED) is 0.0820. The third-order valence-electron chi connectivity index (χ3n) is 7.85. The minimum Gasteiger partial charge on any atom is -0.379 e.